The lowest BCUT2D eigenvalue weighted by atomic mass is 10.6. The molecule has 6 N–H and O–H groups in total. The van der Waals surface area contributed by atoms with E-state index >= 15 is 0 Å². The zero-order valence-corrected chi connectivity index (χ0v) is 30.7. The Kier molecular flexibility index (Phi) is 35.8. The van der Waals surface area contributed by atoms with E-state index in [0.29, 0.717) is 39.6 Å². The molecule has 0 heterocycles. The molecule has 0 rings (SSSR count). The van der Waals surface area contributed by atoms with Crippen LogP contribution in [0, 0.1) is 0 Å². The van der Waals surface area contributed by atoms with Crippen molar-refractivity contribution < 1.29 is 26.6 Å². The SMILES string of the molecule is CCCS(SSS)(SSS)[Si](OCC)(OCC)OCC.CCC[Si](OCC)(OCC)OCC.N.N. The molecular weight excluding hydrogens is 621 g/mol. The monoisotopic (exact) mass is 672 g/mol. The van der Waals surface area contributed by atoms with Crippen LogP contribution in [0.1, 0.15) is 68.2 Å². The third-order valence-corrected chi connectivity index (χ3v) is 36.6. The fourth-order valence-corrected chi connectivity index (χ4v) is 43.8. The van der Waals surface area contributed by atoms with Gasteiger partial charge in [-0.25, -0.2) is 0 Å². The molecule has 0 aliphatic carbocycles. The fraction of sp³-hybridized carbons (Fsp3) is 1.00. The predicted octanol–water partition coefficient (Wildman–Crippen LogP) is 8.80. The molecule has 0 aromatic rings. The first-order valence-corrected chi connectivity index (χ1v) is 25.1. The van der Waals surface area contributed by atoms with Crippen LogP contribution in [-0.2, 0) is 26.6 Å². The molecule has 17 heteroatoms. The summed E-state index contributed by atoms with van der Waals surface area (Å²) in [6.07, 6.45) is 2.10. The first kappa shape index (κ1) is 44.6. The van der Waals surface area contributed by atoms with E-state index in [1.54, 1.807) is 19.7 Å². The molecule has 0 aromatic heterocycles. The molecule has 35 heavy (non-hydrogen) atoms. The Balaban J connectivity index is -0.000000281. The summed E-state index contributed by atoms with van der Waals surface area (Å²) in [6.45, 7) is 20.0. The summed E-state index contributed by atoms with van der Waals surface area (Å²) in [7, 11) is 0.00260. The third-order valence-electron chi connectivity index (χ3n) is 3.75. The highest BCUT2D eigenvalue weighted by atomic mass is 34.0. The van der Waals surface area contributed by atoms with Crippen molar-refractivity contribution >= 4 is 86.9 Å². The van der Waals surface area contributed by atoms with Crippen molar-refractivity contribution in [3.8, 4) is 0 Å². The number of hydrogen-bond acceptors (Lipinski definition) is 14. The summed E-state index contributed by atoms with van der Waals surface area (Å²) in [5, 5.41) is 0. The van der Waals surface area contributed by atoms with Gasteiger partial charge < -0.3 is 38.9 Å². The molecule has 0 atom stereocenters. The molecule has 0 saturated heterocycles. The van der Waals surface area contributed by atoms with E-state index in [2.05, 4.69) is 37.2 Å². The summed E-state index contributed by atoms with van der Waals surface area (Å²) in [6, 6.07) is 0.919. The molecule has 220 valence electrons. The zero-order valence-electron chi connectivity index (χ0n) is 22.9. The summed E-state index contributed by atoms with van der Waals surface area (Å²) >= 11 is 8.69. The molecule has 0 fully saturated rings. The number of hydrogen-bond donors (Lipinski definition) is 4. The average molecular weight is 673 g/mol. The normalized spacial score (nSPS) is 12.3. The summed E-state index contributed by atoms with van der Waals surface area (Å²) in [4.78, 5) is 0. The van der Waals surface area contributed by atoms with Gasteiger partial charge in [0, 0.05) is 45.7 Å². The van der Waals surface area contributed by atoms with Gasteiger partial charge in [-0.3, -0.25) is 0 Å². The lowest BCUT2D eigenvalue weighted by Crippen LogP contribution is -2.49. The first-order chi connectivity index (χ1) is 15.9. The predicted molar refractivity (Wildman–Crippen MR) is 177 cm³/mol. The summed E-state index contributed by atoms with van der Waals surface area (Å²) < 4.78 is 35.3. The van der Waals surface area contributed by atoms with Gasteiger partial charge in [0.05, 0.1) is 0 Å². The Morgan fingerprint density at radius 3 is 1.14 bits per heavy atom. The molecule has 0 bridgehead atoms. The van der Waals surface area contributed by atoms with E-state index in [9.17, 15) is 0 Å². The van der Waals surface area contributed by atoms with Gasteiger partial charge in [0.15, 0.2) is 0 Å². The van der Waals surface area contributed by atoms with E-state index in [0.717, 1.165) is 24.6 Å². The van der Waals surface area contributed by atoms with Gasteiger partial charge in [-0.1, -0.05) is 51.1 Å². The maximum atomic E-state index is 6.13. The van der Waals surface area contributed by atoms with Gasteiger partial charge >= 0.3 is 16.8 Å². The van der Waals surface area contributed by atoms with Gasteiger partial charge in [0.2, 0.25) is 0 Å². The van der Waals surface area contributed by atoms with E-state index < -0.39 is 24.3 Å². The van der Waals surface area contributed by atoms with Crippen molar-refractivity contribution in [3.63, 3.8) is 0 Å². The second-order valence-corrected chi connectivity index (χ2v) is 29.2. The summed E-state index contributed by atoms with van der Waals surface area (Å²) in [5.41, 5.74) is 0. The molecule has 0 aromatic carbocycles. The fourth-order valence-electron chi connectivity index (χ4n) is 2.89. The molecular formula is C18H52N2O6S7Si2. The van der Waals surface area contributed by atoms with Crippen LogP contribution in [0.4, 0.5) is 0 Å². The highest BCUT2D eigenvalue weighted by Gasteiger charge is 2.59. The average Bonchev–Trinajstić information content (AvgIpc) is 2.76. The third kappa shape index (κ3) is 16.4. The van der Waals surface area contributed by atoms with Crippen LogP contribution in [-0.4, -0.2) is 62.2 Å². The Bertz CT molecular complexity index is 371. The Morgan fingerprint density at radius 1 is 0.571 bits per heavy atom. The lowest BCUT2D eigenvalue weighted by Gasteiger charge is -2.46. The molecule has 0 saturated carbocycles. The molecule has 0 amide bonds. The van der Waals surface area contributed by atoms with E-state index in [-0.39, 0.29) is 12.3 Å². The second kappa shape index (κ2) is 28.1. The molecule has 8 nitrogen and oxygen atoms in total. The van der Waals surface area contributed by atoms with Crippen LogP contribution in [0.2, 0.25) is 6.04 Å². The summed E-state index contributed by atoms with van der Waals surface area (Å²) in [5.74, 6) is 1.01. The minimum Gasteiger partial charge on any atom is -0.374 e. The quantitative estimate of drug-likeness (QED) is 0.0529. The van der Waals surface area contributed by atoms with Crippen LogP contribution in [0.3, 0.4) is 0 Å². The van der Waals surface area contributed by atoms with Crippen LogP contribution >= 0.6 is 70.2 Å². The minimum absolute atomic E-state index is 0. The van der Waals surface area contributed by atoms with Crippen LogP contribution in [0.15, 0.2) is 0 Å². The Morgan fingerprint density at radius 2 is 0.914 bits per heavy atom. The maximum absolute atomic E-state index is 6.13. The smallest absolute Gasteiger partial charge is 0.374 e. The van der Waals surface area contributed by atoms with Crippen molar-refractivity contribution in [1.29, 1.82) is 0 Å². The lowest BCUT2D eigenvalue weighted by molar-refractivity contribution is 0.0711. The zero-order chi connectivity index (χ0) is 25.6. The highest BCUT2D eigenvalue weighted by molar-refractivity contribution is 9.57. The second-order valence-electron chi connectivity index (χ2n) is 6.14. The van der Waals surface area contributed by atoms with Gasteiger partial charge in [-0.2, -0.15) is 0 Å². The van der Waals surface area contributed by atoms with Gasteiger partial charge in [0.25, 0.3) is 0 Å². The van der Waals surface area contributed by atoms with Crippen molar-refractivity contribution in [1.82, 2.24) is 12.3 Å². The van der Waals surface area contributed by atoms with E-state index in [1.807, 2.05) is 41.5 Å². The molecule has 0 spiro atoms. The van der Waals surface area contributed by atoms with Crippen LogP contribution < -0.4 is 12.3 Å². The number of rotatable bonds is 21. The van der Waals surface area contributed by atoms with Crippen LogP contribution in [0.25, 0.3) is 0 Å². The topological polar surface area (TPSA) is 125 Å². The van der Waals surface area contributed by atoms with Gasteiger partial charge in [0.1, 0.15) is 0 Å². The molecule has 0 aliphatic heterocycles. The highest BCUT2D eigenvalue weighted by Crippen LogP contribution is 2.82. The molecule has 0 aliphatic rings. The first-order valence-electron chi connectivity index (χ1n) is 11.5. The van der Waals surface area contributed by atoms with Crippen LogP contribution in [0.5, 0.6) is 0 Å². The Labute approximate surface area is 243 Å². The van der Waals surface area contributed by atoms with E-state index in [1.165, 1.54) is 19.7 Å². The van der Waals surface area contributed by atoms with Crippen molar-refractivity contribution in [3.05, 3.63) is 0 Å². The van der Waals surface area contributed by atoms with Crippen molar-refractivity contribution in [2.75, 3.05) is 45.4 Å². The van der Waals surface area contributed by atoms with Crippen molar-refractivity contribution in [2.24, 2.45) is 0 Å². The van der Waals surface area contributed by atoms with Crippen molar-refractivity contribution in [2.45, 2.75) is 74.3 Å². The Hall–Kier alpha value is 2.56. The molecule has 0 radical (unpaired) electrons. The molecule has 0 unspecified atom stereocenters. The van der Waals surface area contributed by atoms with E-state index in [4.69, 9.17) is 26.6 Å². The van der Waals surface area contributed by atoms with Gasteiger partial charge in [-0.05, 0) is 93.0 Å². The van der Waals surface area contributed by atoms with Gasteiger partial charge in [-0.15, -0.1) is 0 Å². The number of thiol groups is 2. The minimum atomic E-state index is -2.77. The standard InChI is InChI=1S/C9H24O3S7Si.C9H22O3Si.2H3N/c1-5-9-19(17-15-13,18-16-14)20(10-6-2,11-7-3)12-8-4;1-5-9-13(10-6-2,11-7-3)12-8-4;;/h13-14H,5-9H2,1-4H3;5-9H2,1-4H3;2*1H3. The largest absolute Gasteiger partial charge is 0.576 e. The maximum Gasteiger partial charge on any atom is 0.576 e.